The van der Waals surface area contributed by atoms with E-state index < -0.39 is 5.24 Å². The van der Waals surface area contributed by atoms with Gasteiger partial charge in [0.05, 0.1) is 12.7 Å². The van der Waals surface area contributed by atoms with Crippen molar-refractivity contribution >= 4 is 32.8 Å². The molecule has 1 rings (SSSR count). The molecule has 0 fully saturated rings. The van der Waals surface area contributed by atoms with E-state index >= 15 is 0 Å². The summed E-state index contributed by atoms with van der Waals surface area (Å²) in [5.74, 6) is 0.476. The molecule has 0 unspecified atom stereocenters. The molecule has 1 aromatic rings. The molecule has 0 spiro atoms. The standard InChI is InChI=1S/C8H6BrClO2/c1-12-6-4-2-3-5(9)7(6)8(10)11/h2-4H,1H3. The van der Waals surface area contributed by atoms with Crippen molar-refractivity contribution in [2.45, 2.75) is 0 Å². The molecule has 0 saturated carbocycles. The Morgan fingerprint density at radius 1 is 1.58 bits per heavy atom. The van der Waals surface area contributed by atoms with Gasteiger partial charge in [-0.2, -0.15) is 0 Å². The number of ether oxygens (including phenoxy) is 1. The van der Waals surface area contributed by atoms with E-state index in [0.717, 1.165) is 0 Å². The van der Waals surface area contributed by atoms with Gasteiger partial charge in [0.15, 0.2) is 0 Å². The number of carbonyl (C=O) groups excluding carboxylic acids is 1. The minimum absolute atomic E-state index is 0.363. The van der Waals surface area contributed by atoms with Crippen LogP contribution in [-0.4, -0.2) is 12.4 Å². The molecule has 4 heteroatoms. The van der Waals surface area contributed by atoms with Crippen LogP contribution in [0.5, 0.6) is 5.75 Å². The molecular weight excluding hydrogens is 243 g/mol. The second-order valence-electron chi connectivity index (χ2n) is 2.09. The molecule has 0 heterocycles. The van der Waals surface area contributed by atoms with E-state index in [-0.39, 0.29) is 0 Å². The molecule has 1 aromatic carbocycles. The van der Waals surface area contributed by atoms with Crippen molar-refractivity contribution in [2.75, 3.05) is 7.11 Å². The fourth-order valence-electron chi connectivity index (χ4n) is 0.865. The maximum Gasteiger partial charge on any atom is 0.257 e. The highest BCUT2D eigenvalue weighted by Crippen LogP contribution is 2.27. The minimum Gasteiger partial charge on any atom is -0.496 e. The highest BCUT2D eigenvalue weighted by atomic mass is 79.9. The van der Waals surface area contributed by atoms with Crippen LogP contribution in [0.15, 0.2) is 22.7 Å². The van der Waals surface area contributed by atoms with Gasteiger partial charge >= 0.3 is 0 Å². The third-order valence-corrected chi connectivity index (χ3v) is 2.24. The van der Waals surface area contributed by atoms with Crippen LogP contribution in [-0.2, 0) is 0 Å². The van der Waals surface area contributed by atoms with Gasteiger partial charge in [0.1, 0.15) is 5.75 Å². The van der Waals surface area contributed by atoms with E-state index in [1.54, 1.807) is 18.2 Å². The van der Waals surface area contributed by atoms with Gasteiger partial charge in [-0.15, -0.1) is 0 Å². The zero-order chi connectivity index (χ0) is 9.14. The lowest BCUT2D eigenvalue weighted by atomic mass is 10.2. The predicted octanol–water partition coefficient (Wildman–Crippen LogP) is 2.84. The van der Waals surface area contributed by atoms with Gasteiger partial charge < -0.3 is 4.74 Å². The second kappa shape index (κ2) is 3.92. The van der Waals surface area contributed by atoms with E-state index in [9.17, 15) is 4.79 Å². The number of hydrogen-bond donors (Lipinski definition) is 0. The highest BCUT2D eigenvalue weighted by Gasteiger charge is 2.12. The first kappa shape index (κ1) is 9.55. The fraction of sp³-hybridized carbons (Fsp3) is 0.125. The Hall–Kier alpha value is -0.540. The normalized spacial score (nSPS) is 9.58. The number of methoxy groups -OCH3 is 1. The van der Waals surface area contributed by atoms with Crippen molar-refractivity contribution in [2.24, 2.45) is 0 Å². The summed E-state index contributed by atoms with van der Waals surface area (Å²) in [6.07, 6.45) is 0. The van der Waals surface area contributed by atoms with Crippen LogP contribution in [0.2, 0.25) is 0 Å². The third-order valence-electron chi connectivity index (χ3n) is 1.39. The monoisotopic (exact) mass is 248 g/mol. The lowest BCUT2D eigenvalue weighted by Crippen LogP contribution is -1.96. The van der Waals surface area contributed by atoms with Gasteiger partial charge in [-0.3, -0.25) is 4.79 Å². The molecule has 0 radical (unpaired) electrons. The van der Waals surface area contributed by atoms with E-state index in [0.29, 0.717) is 15.8 Å². The first-order chi connectivity index (χ1) is 5.66. The van der Waals surface area contributed by atoms with Crippen molar-refractivity contribution in [3.05, 3.63) is 28.2 Å². The largest absolute Gasteiger partial charge is 0.496 e. The average molecular weight is 249 g/mol. The van der Waals surface area contributed by atoms with E-state index in [4.69, 9.17) is 16.3 Å². The Balaban J connectivity index is 3.29. The first-order valence-electron chi connectivity index (χ1n) is 3.19. The van der Waals surface area contributed by atoms with E-state index in [1.165, 1.54) is 7.11 Å². The molecule has 0 aliphatic heterocycles. The smallest absolute Gasteiger partial charge is 0.257 e. The summed E-state index contributed by atoms with van der Waals surface area (Å²) in [6, 6.07) is 5.19. The summed E-state index contributed by atoms with van der Waals surface area (Å²) in [6.45, 7) is 0. The average Bonchev–Trinajstić information content (AvgIpc) is 2.03. The summed E-state index contributed by atoms with van der Waals surface area (Å²) in [7, 11) is 1.49. The molecule has 0 aliphatic carbocycles. The molecule has 0 bridgehead atoms. The van der Waals surface area contributed by atoms with Crippen LogP contribution in [0.1, 0.15) is 10.4 Å². The zero-order valence-corrected chi connectivity index (χ0v) is 8.65. The van der Waals surface area contributed by atoms with Crippen LogP contribution in [0.4, 0.5) is 0 Å². The second-order valence-corrected chi connectivity index (χ2v) is 3.29. The Morgan fingerprint density at radius 3 is 2.67 bits per heavy atom. The van der Waals surface area contributed by atoms with Crippen LogP contribution in [0.3, 0.4) is 0 Å². The van der Waals surface area contributed by atoms with Crippen molar-refractivity contribution in [3.8, 4) is 5.75 Å². The van der Waals surface area contributed by atoms with Gasteiger partial charge in [0.25, 0.3) is 5.24 Å². The van der Waals surface area contributed by atoms with Gasteiger partial charge in [0, 0.05) is 4.47 Å². The quantitative estimate of drug-likeness (QED) is 0.754. The fourth-order valence-corrected chi connectivity index (χ4v) is 1.70. The van der Waals surface area contributed by atoms with E-state index in [2.05, 4.69) is 15.9 Å². The van der Waals surface area contributed by atoms with Gasteiger partial charge in [-0.1, -0.05) is 6.07 Å². The number of rotatable bonds is 2. The van der Waals surface area contributed by atoms with Gasteiger partial charge in [-0.25, -0.2) is 0 Å². The van der Waals surface area contributed by atoms with Crippen molar-refractivity contribution in [1.82, 2.24) is 0 Å². The molecule has 2 nitrogen and oxygen atoms in total. The predicted molar refractivity (Wildman–Crippen MR) is 50.9 cm³/mol. The third kappa shape index (κ3) is 1.79. The Labute approximate surface area is 83.6 Å². The van der Waals surface area contributed by atoms with Crippen LogP contribution < -0.4 is 4.74 Å². The van der Waals surface area contributed by atoms with Crippen LogP contribution >= 0.6 is 27.5 Å². The zero-order valence-electron chi connectivity index (χ0n) is 6.30. The lowest BCUT2D eigenvalue weighted by molar-refractivity contribution is 0.107. The number of halogens is 2. The summed E-state index contributed by atoms with van der Waals surface area (Å²) in [5, 5.41) is -0.528. The Kier molecular flexibility index (Phi) is 3.12. The molecular formula is C8H6BrClO2. The van der Waals surface area contributed by atoms with Crippen molar-refractivity contribution in [1.29, 1.82) is 0 Å². The summed E-state index contributed by atoms with van der Waals surface area (Å²) >= 11 is 8.55. The molecule has 12 heavy (non-hydrogen) atoms. The first-order valence-corrected chi connectivity index (χ1v) is 4.36. The lowest BCUT2D eigenvalue weighted by Gasteiger charge is -2.05. The molecule has 0 aliphatic rings. The molecule has 0 aromatic heterocycles. The highest BCUT2D eigenvalue weighted by molar-refractivity contribution is 9.10. The number of carbonyl (C=O) groups is 1. The minimum atomic E-state index is -0.528. The summed E-state index contributed by atoms with van der Waals surface area (Å²) in [5.41, 5.74) is 0.363. The molecule has 0 saturated heterocycles. The van der Waals surface area contributed by atoms with Crippen LogP contribution in [0.25, 0.3) is 0 Å². The van der Waals surface area contributed by atoms with Crippen LogP contribution in [0, 0.1) is 0 Å². The summed E-state index contributed by atoms with van der Waals surface area (Å²) in [4.78, 5) is 10.9. The maximum atomic E-state index is 10.9. The van der Waals surface area contributed by atoms with Gasteiger partial charge in [0.2, 0.25) is 0 Å². The molecule has 0 N–H and O–H groups in total. The Bertz CT molecular complexity index is 312. The topological polar surface area (TPSA) is 26.3 Å². The van der Waals surface area contributed by atoms with E-state index in [1.807, 2.05) is 0 Å². The molecule has 0 atom stereocenters. The summed E-state index contributed by atoms with van der Waals surface area (Å²) < 4.78 is 5.59. The number of benzene rings is 1. The van der Waals surface area contributed by atoms with Gasteiger partial charge in [-0.05, 0) is 39.7 Å². The Morgan fingerprint density at radius 2 is 2.25 bits per heavy atom. The number of hydrogen-bond acceptors (Lipinski definition) is 2. The SMILES string of the molecule is COc1cccc(Br)c1C(=O)Cl. The molecule has 0 amide bonds. The molecule has 64 valence electrons. The van der Waals surface area contributed by atoms with Crippen molar-refractivity contribution < 1.29 is 9.53 Å². The van der Waals surface area contributed by atoms with Crippen molar-refractivity contribution in [3.63, 3.8) is 0 Å². The maximum absolute atomic E-state index is 10.9.